The fraction of sp³-hybridized carbons (Fsp3) is 0. The molecule has 0 amide bonds. The van der Waals surface area contributed by atoms with E-state index in [1.165, 1.54) is 18.5 Å². The third-order valence-electron chi connectivity index (χ3n) is 0.527. The maximum absolute atomic E-state index is 10.0. The normalized spacial score (nSPS) is 17.0. The van der Waals surface area contributed by atoms with Crippen molar-refractivity contribution in [2.75, 3.05) is 0 Å². The van der Waals surface area contributed by atoms with Gasteiger partial charge in [-0.25, -0.2) is 0 Å². The smallest absolute Gasteiger partial charge is 0.198 e. The van der Waals surface area contributed by atoms with E-state index in [1.807, 2.05) is 0 Å². The Morgan fingerprint density at radius 2 is 2.50 bits per heavy atom. The van der Waals surface area contributed by atoms with Gasteiger partial charge in [0.1, 0.15) is 0 Å². The largest absolute Gasteiger partial charge is 0.288 e. The summed E-state index contributed by atoms with van der Waals surface area (Å²) in [6.07, 6.45) is 4.17. The average molecular weight is 81.1 g/mol. The number of carbonyl (C=O) groups is 1. The standard InChI is InChI=1S/C4H3NO/c6-4-1-2-5-3-4/h1-3H. The zero-order valence-electron chi connectivity index (χ0n) is 3.09. The monoisotopic (exact) mass is 81.0 g/mol. The summed E-state index contributed by atoms with van der Waals surface area (Å²) >= 11 is 0. The summed E-state index contributed by atoms with van der Waals surface area (Å²) < 4.78 is 0. The van der Waals surface area contributed by atoms with Gasteiger partial charge in [-0.05, 0) is 0 Å². The third kappa shape index (κ3) is 0.360. The van der Waals surface area contributed by atoms with E-state index in [1.54, 1.807) is 0 Å². The van der Waals surface area contributed by atoms with Crippen LogP contribution in [0.1, 0.15) is 0 Å². The summed E-state index contributed by atoms with van der Waals surface area (Å²) in [5.41, 5.74) is 0. The predicted octanol–water partition coefficient (Wildman–Crippen LogP) is 0.154. The van der Waals surface area contributed by atoms with Crippen LogP contribution >= 0.6 is 0 Å². The zero-order chi connectivity index (χ0) is 4.41. The highest BCUT2D eigenvalue weighted by Gasteiger charge is 1.90. The van der Waals surface area contributed by atoms with Gasteiger partial charge in [0.05, 0.1) is 6.21 Å². The topological polar surface area (TPSA) is 29.4 Å². The number of carbonyl (C=O) groups excluding carboxylic acids is 1. The molecule has 1 heterocycles. The summed E-state index contributed by atoms with van der Waals surface area (Å²) in [6, 6.07) is 0. The fourth-order valence-corrected chi connectivity index (χ4v) is 0.276. The van der Waals surface area contributed by atoms with Crippen molar-refractivity contribution in [2.24, 2.45) is 4.99 Å². The van der Waals surface area contributed by atoms with E-state index in [0.717, 1.165) is 0 Å². The van der Waals surface area contributed by atoms with Crippen LogP contribution in [0.4, 0.5) is 0 Å². The Kier molecular flexibility index (Phi) is 0.572. The zero-order valence-corrected chi connectivity index (χ0v) is 3.09. The summed E-state index contributed by atoms with van der Waals surface area (Å²) in [5.74, 6) is -0.0185. The van der Waals surface area contributed by atoms with Crippen molar-refractivity contribution < 1.29 is 4.79 Å². The molecule has 2 nitrogen and oxygen atoms in total. The molecule has 0 aromatic heterocycles. The van der Waals surface area contributed by atoms with Crippen LogP contribution in [0.15, 0.2) is 17.3 Å². The van der Waals surface area contributed by atoms with E-state index >= 15 is 0 Å². The SMILES string of the molecule is O=C1C=CN=C1. The van der Waals surface area contributed by atoms with Crippen LogP contribution in [0.2, 0.25) is 0 Å². The van der Waals surface area contributed by atoms with E-state index < -0.39 is 0 Å². The van der Waals surface area contributed by atoms with Gasteiger partial charge in [0.15, 0.2) is 5.78 Å². The molecule has 30 valence electrons. The Bertz CT molecular complexity index is 110. The molecule has 0 aromatic carbocycles. The Labute approximate surface area is 35.2 Å². The van der Waals surface area contributed by atoms with Crippen molar-refractivity contribution >= 4 is 12.0 Å². The maximum Gasteiger partial charge on any atom is 0.198 e. The molecule has 2 heteroatoms. The predicted molar refractivity (Wildman–Crippen MR) is 22.6 cm³/mol. The number of hydrogen-bond acceptors (Lipinski definition) is 2. The lowest BCUT2D eigenvalue weighted by molar-refractivity contribution is -0.108. The number of hydrogen-bond donors (Lipinski definition) is 0. The Balaban J connectivity index is 2.86. The van der Waals surface area contributed by atoms with Gasteiger partial charge >= 0.3 is 0 Å². The second-order valence-electron chi connectivity index (χ2n) is 0.996. The molecule has 0 radical (unpaired) electrons. The molecule has 1 aliphatic heterocycles. The van der Waals surface area contributed by atoms with Gasteiger partial charge in [0, 0.05) is 12.3 Å². The molecule has 0 saturated carbocycles. The molecule has 0 unspecified atom stereocenters. The lowest BCUT2D eigenvalue weighted by atomic mass is 10.5. The summed E-state index contributed by atoms with van der Waals surface area (Å²) in [5, 5.41) is 0. The molecule has 0 N–H and O–H groups in total. The quantitative estimate of drug-likeness (QED) is 0.408. The van der Waals surface area contributed by atoms with Crippen LogP contribution in [0.25, 0.3) is 0 Å². The Morgan fingerprint density at radius 1 is 1.67 bits per heavy atom. The van der Waals surface area contributed by atoms with Crippen LogP contribution in [0, 0.1) is 0 Å². The van der Waals surface area contributed by atoms with Crippen molar-refractivity contribution in [1.82, 2.24) is 0 Å². The van der Waals surface area contributed by atoms with E-state index in [0.29, 0.717) is 0 Å². The molecule has 0 aromatic rings. The van der Waals surface area contributed by atoms with Gasteiger partial charge in [-0.2, -0.15) is 0 Å². The minimum absolute atomic E-state index is 0.0185. The van der Waals surface area contributed by atoms with E-state index in [2.05, 4.69) is 4.99 Å². The second-order valence-corrected chi connectivity index (χ2v) is 0.996. The van der Waals surface area contributed by atoms with Gasteiger partial charge in [-0.3, -0.25) is 9.79 Å². The molecule has 1 aliphatic rings. The Hall–Kier alpha value is -0.920. The van der Waals surface area contributed by atoms with Crippen LogP contribution in [-0.4, -0.2) is 12.0 Å². The fourth-order valence-electron chi connectivity index (χ4n) is 0.276. The van der Waals surface area contributed by atoms with Crippen LogP contribution in [0.5, 0.6) is 0 Å². The van der Waals surface area contributed by atoms with Gasteiger partial charge in [0.2, 0.25) is 0 Å². The highest BCUT2D eigenvalue weighted by molar-refractivity contribution is 6.34. The summed E-state index contributed by atoms with van der Waals surface area (Å²) in [6.45, 7) is 0. The van der Waals surface area contributed by atoms with Gasteiger partial charge in [-0.15, -0.1) is 0 Å². The van der Waals surface area contributed by atoms with Crippen LogP contribution in [-0.2, 0) is 4.79 Å². The molecule has 0 saturated heterocycles. The number of aliphatic imine (C=N–C) groups is 1. The molecule has 0 bridgehead atoms. The minimum Gasteiger partial charge on any atom is -0.288 e. The number of rotatable bonds is 0. The molecule has 0 spiro atoms. The van der Waals surface area contributed by atoms with Crippen molar-refractivity contribution in [3.8, 4) is 0 Å². The number of ketones is 1. The van der Waals surface area contributed by atoms with Crippen molar-refractivity contribution in [2.45, 2.75) is 0 Å². The summed E-state index contributed by atoms with van der Waals surface area (Å²) in [7, 11) is 0. The molecule has 0 atom stereocenters. The average Bonchev–Trinajstić information content (AvgIpc) is 1.86. The molecule has 0 fully saturated rings. The third-order valence-corrected chi connectivity index (χ3v) is 0.527. The van der Waals surface area contributed by atoms with Gasteiger partial charge < -0.3 is 0 Å². The molecule has 6 heavy (non-hydrogen) atoms. The Morgan fingerprint density at radius 3 is 2.67 bits per heavy atom. The van der Waals surface area contributed by atoms with Gasteiger partial charge in [-0.1, -0.05) is 0 Å². The van der Waals surface area contributed by atoms with Crippen LogP contribution in [0.3, 0.4) is 0 Å². The first-order valence-corrected chi connectivity index (χ1v) is 1.63. The first-order chi connectivity index (χ1) is 2.89. The summed E-state index contributed by atoms with van der Waals surface area (Å²) in [4.78, 5) is 13.5. The number of allylic oxidation sites excluding steroid dienone is 1. The minimum atomic E-state index is -0.0185. The van der Waals surface area contributed by atoms with E-state index in [4.69, 9.17) is 0 Å². The van der Waals surface area contributed by atoms with E-state index in [9.17, 15) is 4.79 Å². The second kappa shape index (κ2) is 1.05. The molecular weight excluding hydrogens is 78.0 g/mol. The van der Waals surface area contributed by atoms with Crippen molar-refractivity contribution in [3.63, 3.8) is 0 Å². The number of nitrogens with zero attached hydrogens (tertiary/aromatic N) is 1. The van der Waals surface area contributed by atoms with Crippen LogP contribution < -0.4 is 0 Å². The first kappa shape index (κ1) is 3.28. The lowest BCUT2D eigenvalue weighted by Gasteiger charge is -1.59. The maximum atomic E-state index is 10.0. The van der Waals surface area contributed by atoms with Gasteiger partial charge in [0.25, 0.3) is 0 Å². The molecule has 1 rings (SSSR count). The molecular formula is C4H3NO. The molecule has 0 aliphatic carbocycles. The van der Waals surface area contributed by atoms with Crippen molar-refractivity contribution in [3.05, 3.63) is 12.3 Å². The lowest BCUT2D eigenvalue weighted by Crippen LogP contribution is -1.84. The van der Waals surface area contributed by atoms with E-state index in [-0.39, 0.29) is 5.78 Å². The highest BCUT2D eigenvalue weighted by atomic mass is 16.1. The highest BCUT2D eigenvalue weighted by Crippen LogP contribution is 1.82. The first-order valence-electron chi connectivity index (χ1n) is 1.63. The van der Waals surface area contributed by atoms with Crippen molar-refractivity contribution in [1.29, 1.82) is 0 Å².